The van der Waals surface area contributed by atoms with E-state index in [-0.39, 0.29) is 11.1 Å². The molecule has 1 N–H and O–H groups in total. The number of benzene rings is 1. The van der Waals surface area contributed by atoms with Gasteiger partial charge in [-0.2, -0.15) is 0 Å². The Labute approximate surface area is 234 Å². The quantitative estimate of drug-likeness (QED) is 0.274. The van der Waals surface area contributed by atoms with Crippen LogP contribution in [0.1, 0.15) is 45.1 Å². The molecule has 0 atom stereocenters. The zero-order valence-electron chi connectivity index (χ0n) is 21.8. The lowest BCUT2D eigenvalue weighted by Gasteiger charge is -2.23. The van der Waals surface area contributed by atoms with Crippen LogP contribution in [-0.2, 0) is 0 Å². The van der Waals surface area contributed by atoms with Crippen LogP contribution in [0.4, 0.5) is 5.69 Å². The lowest BCUT2D eigenvalue weighted by Crippen LogP contribution is -2.26. The van der Waals surface area contributed by atoms with Gasteiger partial charge in [-0.05, 0) is 50.1 Å². The minimum atomic E-state index is -0.191. The molecule has 11 heteroatoms. The number of nitrogens with one attached hydrogen (secondary N) is 1. The van der Waals surface area contributed by atoms with E-state index in [1.165, 1.54) is 47.7 Å². The van der Waals surface area contributed by atoms with Crippen LogP contribution in [0.25, 0.3) is 26.1 Å². The lowest BCUT2D eigenvalue weighted by molar-refractivity contribution is 0.345. The molecule has 0 amide bonds. The number of pyridine rings is 1. The third-order valence-electron chi connectivity index (χ3n) is 6.81. The van der Waals surface area contributed by atoms with Crippen LogP contribution in [0.3, 0.4) is 0 Å². The summed E-state index contributed by atoms with van der Waals surface area (Å²) in [4.78, 5) is 38.9. The number of rotatable bonds is 5. The van der Waals surface area contributed by atoms with E-state index in [9.17, 15) is 9.59 Å². The number of anilines is 1. The molecule has 0 bridgehead atoms. The molecule has 1 aliphatic carbocycles. The molecule has 0 aliphatic heterocycles. The SMILES string of the molecule is CCNc1ccnc2sc3c(=O)n(C4CCCCC4)cnc3c12.COc1ccc(-n2cncc(S)c2=O)cc1. The normalized spacial score (nSPS) is 13.7. The van der Waals surface area contributed by atoms with Crippen LogP contribution in [0, 0.1) is 0 Å². The molecule has 0 radical (unpaired) electrons. The van der Waals surface area contributed by atoms with Crippen molar-refractivity contribution < 1.29 is 4.74 Å². The number of fused-ring (bicyclic) bond motifs is 3. The van der Waals surface area contributed by atoms with Gasteiger partial charge in [0.05, 0.1) is 34.9 Å². The van der Waals surface area contributed by atoms with Gasteiger partial charge in [0.25, 0.3) is 11.1 Å². The Morgan fingerprint density at radius 1 is 1.05 bits per heavy atom. The molecule has 4 aromatic heterocycles. The minimum absolute atomic E-state index is 0.0901. The molecule has 4 heterocycles. The summed E-state index contributed by atoms with van der Waals surface area (Å²) in [6.45, 7) is 2.89. The van der Waals surface area contributed by atoms with Crippen molar-refractivity contribution in [3.05, 3.63) is 76.1 Å². The largest absolute Gasteiger partial charge is 0.497 e. The first kappa shape index (κ1) is 26.9. The molecule has 1 fully saturated rings. The molecule has 39 heavy (non-hydrogen) atoms. The highest BCUT2D eigenvalue weighted by atomic mass is 32.1. The monoisotopic (exact) mass is 562 g/mol. The van der Waals surface area contributed by atoms with Crippen molar-refractivity contribution in [2.24, 2.45) is 0 Å². The Kier molecular flexibility index (Phi) is 8.27. The van der Waals surface area contributed by atoms with E-state index >= 15 is 0 Å². The molecule has 0 spiro atoms. The highest BCUT2D eigenvalue weighted by molar-refractivity contribution is 7.80. The van der Waals surface area contributed by atoms with E-state index in [4.69, 9.17) is 4.74 Å². The van der Waals surface area contributed by atoms with Crippen LogP contribution < -0.4 is 21.2 Å². The topological polar surface area (TPSA) is 104 Å². The van der Waals surface area contributed by atoms with E-state index in [2.05, 4.69) is 39.8 Å². The molecule has 1 aliphatic rings. The second kappa shape index (κ2) is 12.0. The van der Waals surface area contributed by atoms with E-state index in [0.29, 0.717) is 10.9 Å². The number of methoxy groups -OCH3 is 1. The van der Waals surface area contributed by atoms with Crippen LogP contribution in [0.15, 0.2) is 69.9 Å². The van der Waals surface area contributed by atoms with Gasteiger partial charge in [-0.1, -0.05) is 19.3 Å². The van der Waals surface area contributed by atoms with Gasteiger partial charge >= 0.3 is 0 Å². The summed E-state index contributed by atoms with van der Waals surface area (Å²) in [5.41, 5.74) is 2.42. The summed E-state index contributed by atoms with van der Waals surface area (Å²) in [5.74, 6) is 0.742. The number of ether oxygens (including phenoxy) is 1. The summed E-state index contributed by atoms with van der Waals surface area (Å²) < 4.78 is 9.05. The van der Waals surface area contributed by atoms with E-state index < -0.39 is 0 Å². The second-order valence-corrected chi connectivity index (χ2v) is 10.7. The van der Waals surface area contributed by atoms with Crippen molar-refractivity contribution >= 4 is 50.1 Å². The molecular formula is C28H30N6O3S2. The van der Waals surface area contributed by atoms with Crippen molar-refractivity contribution in [1.29, 1.82) is 0 Å². The van der Waals surface area contributed by atoms with Gasteiger partial charge in [0.2, 0.25) is 0 Å². The molecule has 6 rings (SSSR count). The van der Waals surface area contributed by atoms with Gasteiger partial charge in [-0.25, -0.2) is 15.0 Å². The maximum Gasteiger partial charge on any atom is 0.271 e. The minimum Gasteiger partial charge on any atom is -0.497 e. The Balaban J connectivity index is 0.000000169. The highest BCUT2D eigenvalue weighted by Crippen LogP contribution is 2.35. The van der Waals surface area contributed by atoms with Gasteiger partial charge in [-0.3, -0.25) is 18.7 Å². The number of thiophene rings is 1. The van der Waals surface area contributed by atoms with Crippen molar-refractivity contribution in [2.45, 2.75) is 50.0 Å². The summed E-state index contributed by atoms with van der Waals surface area (Å²) in [5, 5.41) is 4.32. The smallest absolute Gasteiger partial charge is 0.271 e. The fraction of sp³-hybridized carbons (Fsp3) is 0.321. The number of thiol groups is 1. The van der Waals surface area contributed by atoms with Crippen molar-refractivity contribution in [2.75, 3.05) is 19.0 Å². The molecule has 1 saturated carbocycles. The summed E-state index contributed by atoms with van der Waals surface area (Å²) in [7, 11) is 1.59. The van der Waals surface area contributed by atoms with Crippen LogP contribution >= 0.6 is 24.0 Å². The van der Waals surface area contributed by atoms with Crippen molar-refractivity contribution in [3.63, 3.8) is 0 Å². The Morgan fingerprint density at radius 3 is 2.54 bits per heavy atom. The standard InChI is InChI=1S/C17H20N4OS.C11H10N2O2S/c1-2-18-12-8-9-19-16-13(12)14-15(23-16)17(22)21(10-20-14)11-6-4-3-5-7-11;1-15-9-4-2-8(3-5-9)13-7-12-6-10(16)11(13)14/h8-11H,2-7H2,1H3,(H,18,19);2-7,16H,1H3. The second-order valence-electron chi connectivity index (χ2n) is 9.25. The third-order valence-corrected chi connectivity index (χ3v) is 8.19. The molecule has 202 valence electrons. The van der Waals surface area contributed by atoms with Gasteiger partial charge < -0.3 is 10.1 Å². The molecule has 0 saturated heterocycles. The van der Waals surface area contributed by atoms with Crippen LogP contribution in [0.2, 0.25) is 0 Å². The number of hydrogen-bond donors (Lipinski definition) is 2. The molecule has 5 aromatic rings. The van der Waals surface area contributed by atoms with E-state index in [1.54, 1.807) is 43.9 Å². The van der Waals surface area contributed by atoms with Gasteiger partial charge in [0.15, 0.2) is 0 Å². The maximum absolute atomic E-state index is 13.0. The van der Waals surface area contributed by atoms with Crippen molar-refractivity contribution in [3.8, 4) is 11.4 Å². The number of aromatic nitrogens is 5. The molecule has 1 aromatic carbocycles. The summed E-state index contributed by atoms with van der Waals surface area (Å²) >= 11 is 5.50. The first-order valence-corrected chi connectivity index (χ1v) is 14.2. The predicted molar refractivity (Wildman–Crippen MR) is 159 cm³/mol. The van der Waals surface area contributed by atoms with Gasteiger partial charge in [-0.15, -0.1) is 24.0 Å². The van der Waals surface area contributed by atoms with E-state index in [0.717, 1.165) is 56.9 Å². The zero-order valence-corrected chi connectivity index (χ0v) is 23.5. The molecule has 0 unspecified atom stereocenters. The lowest BCUT2D eigenvalue weighted by atomic mass is 9.95. The van der Waals surface area contributed by atoms with E-state index in [1.807, 2.05) is 10.6 Å². The summed E-state index contributed by atoms with van der Waals surface area (Å²) in [6.07, 6.45) is 12.3. The highest BCUT2D eigenvalue weighted by Gasteiger charge is 2.20. The zero-order chi connectivity index (χ0) is 27.4. The predicted octanol–water partition coefficient (Wildman–Crippen LogP) is 5.47. The van der Waals surface area contributed by atoms with Gasteiger partial charge in [0, 0.05) is 30.7 Å². The summed E-state index contributed by atoms with van der Waals surface area (Å²) in [6, 6.07) is 9.40. The van der Waals surface area contributed by atoms with Crippen molar-refractivity contribution in [1.82, 2.24) is 24.1 Å². The maximum atomic E-state index is 13.0. The molecule has 9 nitrogen and oxygen atoms in total. The fourth-order valence-corrected chi connectivity index (χ4v) is 6.08. The Bertz CT molecular complexity index is 1710. The molecular weight excluding hydrogens is 532 g/mol. The first-order valence-electron chi connectivity index (χ1n) is 12.9. The average Bonchev–Trinajstić information content (AvgIpc) is 3.36. The number of hydrogen-bond acceptors (Lipinski definition) is 9. The average molecular weight is 563 g/mol. The Hall–Kier alpha value is -3.70. The number of nitrogens with zero attached hydrogens (tertiary/aromatic N) is 5. The Morgan fingerprint density at radius 2 is 1.82 bits per heavy atom. The fourth-order valence-electron chi connectivity index (χ4n) is 4.85. The van der Waals surface area contributed by atoms with Crippen LogP contribution in [-0.4, -0.2) is 37.7 Å². The van der Waals surface area contributed by atoms with Gasteiger partial charge in [0.1, 0.15) is 21.6 Å². The first-order chi connectivity index (χ1) is 19.0. The third kappa shape index (κ3) is 5.55. The van der Waals surface area contributed by atoms with Crippen LogP contribution in [0.5, 0.6) is 5.75 Å².